The van der Waals surface area contributed by atoms with E-state index in [4.69, 9.17) is 0 Å². The molecule has 1 aliphatic rings. The van der Waals surface area contributed by atoms with Crippen LogP contribution in [0.4, 0.5) is 0 Å². The van der Waals surface area contributed by atoms with Crippen LogP contribution in [0.1, 0.15) is 53.4 Å². The first kappa shape index (κ1) is 14.0. The van der Waals surface area contributed by atoms with Crippen molar-refractivity contribution in [2.75, 3.05) is 0 Å². The van der Waals surface area contributed by atoms with Gasteiger partial charge in [-0.2, -0.15) is 0 Å². The van der Waals surface area contributed by atoms with Gasteiger partial charge >= 0.3 is 0 Å². The maximum Gasteiger partial charge on any atom is 0.134 e. The molecule has 4 heteroatoms. The van der Waals surface area contributed by atoms with Gasteiger partial charge < -0.3 is 15.8 Å². The van der Waals surface area contributed by atoms with Gasteiger partial charge in [-0.1, -0.05) is 39.5 Å². The number of nitrogens with two attached hydrogens (primary N) is 1. The second-order valence-electron chi connectivity index (χ2n) is 5.64. The average Bonchev–Trinajstić information content (AvgIpc) is 2.22. The second-order valence-corrected chi connectivity index (χ2v) is 5.64. The Balaban J connectivity index is 2.60. The van der Waals surface area contributed by atoms with Gasteiger partial charge in [-0.25, -0.2) is 0 Å². The van der Waals surface area contributed by atoms with E-state index < -0.39 is 6.42 Å². The summed E-state index contributed by atoms with van der Waals surface area (Å²) in [5, 5.41) is 10.0. The molecular formula is C12H30BN3. The zero-order valence-electron chi connectivity index (χ0n) is 11.6. The van der Waals surface area contributed by atoms with Crippen molar-refractivity contribution >= 4 is 6.42 Å². The number of rotatable bonds is 6. The standard InChI is InChI=1S/C12H29BN3/c1-5-7-9-13(10-8-6-2)15-11(3)14-12(4)16-13/h11-12,14-16H,5-10H2,1-4H3/q-1/p+1. The van der Waals surface area contributed by atoms with Crippen LogP contribution in [0.15, 0.2) is 0 Å². The minimum absolute atomic E-state index is 0.515. The van der Waals surface area contributed by atoms with Gasteiger partial charge in [0.2, 0.25) is 0 Å². The van der Waals surface area contributed by atoms with Crippen LogP contribution in [-0.4, -0.2) is 18.7 Å². The highest BCUT2D eigenvalue weighted by atomic mass is 15.3. The van der Waals surface area contributed by atoms with Gasteiger partial charge in [0.1, 0.15) is 18.7 Å². The maximum atomic E-state index is 3.83. The Morgan fingerprint density at radius 1 is 0.938 bits per heavy atom. The molecule has 0 amide bonds. The third-order valence-electron chi connectivity index (χ3n) is 3.84. The van der Waals surface area contributed by atoms with Crippen molar-refractivity contribution in [3.63, 3.8) is 0 Å². The first-order chi connectivity index (χ1) is 7.62. The topological polar surface area (TPSA) is 40.7 Å². The zero-order valence-corrected chi connectivity index (χ0v) is 11.6. The van der Waals surface area contributed by atoms with Crippen LogP contribution < -0.4 is 15.8 Å². The fourth-order valence-electron chi connectivity index (χ4n) is 3.18. The predicted octanol–water partition coefficient (Wildman–Crippen LogP) is 1.48. The summed E-state index contributed by atoms with van der Waals surface area (Å²) in [6.45, 7) is 9.13. The van der Waals surface area contributed by atoms with E-state index in [1.807, 2.05) is 0 Å². The number of quaternary nitrogens is 1. The molecule has 1 aliphatic heterocycles. The summed E-state index contributed by atoms with van der Waals surface area (Å²) in [6.07, 6.45) is 8.51. The van der Waals surface area contributed by atoms with Crippen molar-refractivity contribution in [2.45, 2.75) is 78.4 Å². The molecule has 3 nitrogen and oxygen atoms in total. The smallest absolute Gasteiger partial charge is 0.134 e. The van der Waals surface area contributed by atoms with Crippen molar-refractivity contribution in [2.24, 2.45) is 0 Å². The number of hydrogen-bond acceptors (Lipinski definition) is 2. The lowest BCUT2D eigenvalue weighted by molar-refractivity contribution is -0.725. The first-order valence-electron chi connectivity index (χ1n) is 7.21. The fraction of sp³-hybridized carbons (Fsp3) is 1.00. The molecule has 0 aromatic rings. The molecule has 0 aliphatic carbocycles. The summed E-state index contributed by atoms with van der Waals surface area (Å²) in [4.78, 5) is 0. The lowest BCUT2D eigenvalue weighted by Gasteiger charge is -2.50. The van der Waals surface area contributed by atoms with Crippen LogP contribution in [0.3, 0.4) is 0 Å². The summed E-state index contributed by atoms with van der Waals surface area (Å²) >= 11 is 0. The first-order valence-corrected chi connectivity index (χ1v) is 7.21. The number of nitrogens with one attached hydrogen (secondary N) is 2. The molecule has 0 saturated carbocycles. The van der Waals surface area contributed by atoms with Gasteiger partial charge in [0, 0.05) is 0 Å². The predicted molar refractivity (Wildman–Crippen MR) is 72.3 cm³/mol. The van der Waals surface area contributed by atoms with E-state index in [9.17, 15) is 0 Å². The molecule has 1 rings (SSSR count). The van der Waals surface area contributed by atoms with Crippen LogP contribution in [0, 0.1) is 0 Å². The van der Waals surface area contributed by atoms with Gasteiger partial charge in [-0.3, -0.25) is 0 Å². The molecular weight excluding hydrogens is 197 g/mol. The summed E-state index contributed by atoms with van der Waals surface area (Å²) in [6, 6.07) is 0. The molecule has 0 aromatic heterocycles. The van der Waals surface area contributed by atoms with Gasteiger partial charge in [0.15, 0.2) is 0 Å². The Hall–Kier alpha value is -0.0551. The number of hydrogen-bond donors (Lipinski definition) is 3. The normalized spacial score (nSPS) is 29.2. The Labute approximate surface area is 101 Å². The van der Waals surface area contributed by atoms with Crippen LogP contribution in [0.5, 0.6) is 0 Å². The Bertz CT molecular complexity index is 179. The van der Waals surface area contributed by atoms with Gasteiger partial charge in [0.25, 0.3) is 0 Å². The SMILES string of the molecule is CCCC[B-]1(CCCC)NC(C)[NH2+]C(C)N1. The van der Waals surface area contributed by atoms with Crippen LogP contribution in [0.25, 0.3) is 0 Å². The van der Waals surface area contributed by atoms with Crippen molar-refractivity contribution < 1.29 is 5.32 Å². The van der Waals surface area contributed by atoms with E-state index in [2.05, 4.69) is 43.5 Å². The molecule has 1 fully saturated rings. The van der Waals surface area contributed by atoms with Crippen molar-refractivity contribution in [1.82, 2.24) is 10.5 Å². The Morgan fingerprint density at radius 3 is 1.75 bits per heavy atom. The summed E-state index contributed by atoms with van der Waals surface area (Å²) in [7, 11) is 0. The molecule has 1 saturated heterocycles. The van der Waals surface area contributed by atoms with E-state index in [0.717, 1.165) is 0 Å². The average molecular weight is 227 g/mol. The van der Waals surface area contributed by atoms with E-state index in [1.54, 1.807) is 0 Å². The van der Waals surface area contributed by atoms with Crippen molar-refractivity contribution in [3.05, 3.63) is 0 Å². The maximum absolute atomic E-state index is 3.83. The third-order valence-corrected chi connectivity index (χ3v) is 3.84. The summed E-state index contributed by atoms with van der Waals surface area (Å²) in [5.74, 6) is 0. The van der Waals surface area contributed by atoms with Crippen molar-refractivity contribution in [3.8, 4) is 0 Å². The number of unbranched alkanes of at least 4 members (excludes halogenated alkanes) is 2. The van der Waals surface area contributed by atoms with Crippen LogP contribution in [0.2, 0.25) is 12.6 Å². The van der Waals surface area contributed by atoms with Crippen molar-refractivity contribution in [1.29, 1.82) is 0 Å². The van der Waals surface area contributed by atoms with Crippen LogP contribution in [-0.2, 0) is 0 Å². The highest BCUT2D eigenvalue weighted by Crippen LogP contribution is 2.18. The quantitative estimate of drug-likeness (QED) is 0.601. The Morgan fingerprint density at radius 2 is 1.38 bits per heavy atom. The monoisotopic (exact) mass is 227 g/mol. The largest absolute Gasteiger partial charge is 0.425 e. The van der Waals surface area contributed by atoms with Crippen LogP contribution >= 0.6 is 0 Å². The molecule has 1 heterocycles. The molecule has 96 valence electrons. The lowest BCUT2D eigenvalue weighted by Crippen LogP contribution is -3.06. The molecule has 2 unspecified atom stereocenters. The third kappa shape index (κ3) is 4.08. The molecule has 0 radical (unpaired) electrons. The summed E-state index contributed by atoms with van der Waals surface area (Å²) in [5.41, 5.74) is 0. The van der Waals surface area contributed by atoms with E-state index >= 15 is 0 Å². The van der Waals surface area contributed by atoms with E-state index in [-0.39, 0.29) is 0 Å². The second kappa shape index (κ2) is 6.62. The molecule has 0 aromatic carbocycles. The minimum Gasteiger partial charge on any atom is -0.425 e. The van der Waals surface area contributed by atoms with E-state index in [0.29, 0.717) is 12.3 Å². The van der Waals surface area contributed by atoms with Gasteiger partial charge in [-0.15, -0.1) is 12.6 Å². The minimum atomic E-state index is -0.515. The lowest BCUT2D eigenvalue weighted by atomic mass is 9.39. The van der Waals surface area contributed by atoms with Gasteiger partial charge in [0.05, 0.1) is 0 Å². The molecule has 4 N–H and O–H groups in total. The summed E-state index contributed by atoms with van der Waals surface area (Å²) < 4.78 is 0. The molecule has 0 spiro atoms. The highest BCUT2D eigenvalue weighted by Gasteiger charge is 2.32. The molecule has 0 bridgehead atoms. The Kier molecular flexibility index (Phi) is 5.80. The van der Waals surface area contributed by atoms with E-state index in [1.165, 1.54) is 38.3 Å². The zero-order chi connectivity index (χ0) is 12.0. The van der Waals surface area contributed by atoms with Gasteiger partial charge in [-0.05, 0) is 13.8 Å². The highest BCUT2D eigenvalue weighted by molar-refractivity contribution is 6.75. The fourth-order valence-corrected chi connectivity index (χ4v) is 3.18. The molecule has 2 atom stereocenters. The molecule has 16 heavy (non-hydrogen) atoms.